The van der Waals surface area contributed by atoms with Crippen molar-refractivity contribution in [1.82, 2.24) is 5.32 Å². The molecule has 2 aromatic carbocycles. The maximum Gasteiger partial charge on any atom is 0.162 e. The Morgan fingerprint density at radius 3 is 2.12 bits per heavy atom. The van der Waals surface area contributed by atoms with E-state index in [0.717, 1.165) is 22.6 Å². The number of ether oxygens (including phenoxy) is 4. The molecular weight excluding hydrogens is 354 g/mol. The van der Waals surface area contributed by atoms with Crippen molar-refractivity contribution in [1.29, 1.82) is 0 Å². The van der Waals surface area contributed by atoms with E-state index in [2.05, 4.69) is 5.32 Å². The number of methoxy groups -OCH3 is 2. The van der Waals surface area contributed by atoms with Crippen LogP contribution in [0.5, 0.6) is 23.0 Å². The minimum absolute atomic E-state index is 0.595. The largest absolute Gasteiger partial charge is 0.494 e. The summed E-state index contributed by atoms with van der Waals surface area (Å²) in [6.45, 7) is 6.39. The summed E-state index contributed by atoms with van der Waals surface area (Å²) in [4.78, 5) is 0. The maximum atomic E-state index is 6.34. The number of hydrogen-bond donors (Lipinski definition) is 1. The van der Waals surface area contributed by atoms with Gasteiger partial charge in [-0.2, -0.15) is 0 Å². The van der Waals surface area contributed by atoms with E-state index in [9.17, 15) is 0 Å². The smallest absolute Gasteiger partial charge is 0.162 e. The van der Waals surface area contributed by atoms with Crippen LogP contribution in [0.2, 0.25) is 5.02 Å². The van der Waals surface area contributed by atoms with E-state index >= 15 is 0 Å². The van der Waals surface area contributed by atoms with Crippen LogP contribution in [0, 0.1) is 0 Å². The van der Waals surface area contributed by atoms with E-state index in [1.54, 1.807) is 20.3 Å². The highest BCUT2D eigenvalue weighted by Crippen LogP contribution is 2.33. The Hall–Kier alpha value is -2.11. The van der Waals surface area contributed by atoms with Gasteiger partial charge in [0.1, 0.15) is 11.5 Å². The van der Waals surface area contributed by atoms with Gasteiger partial charge in [0, 0.05) is 35.8 Å². The van der Waals surface area contributed by atoms with Crippen molar-refractivity contribution in [3.8, 4) is 23.0 Å². The highest BCUT2D eigenvalue weighted by Gasteiger charge is 2.11. The molecule has 0 aliphatic heterocycles. The van der Waals surface area contributed by atoms with E-state index in [1.807, 2.05) is 38.1 Å². The summed E-state index contributed by atoms with van der Waals surface area (Å²) in [5, 5.41) is 4.03. The van der Waals surface area contributed by atoms with Crippen molar-refractivity contribution >= 4 is 11.6 Å². The fraction of sp³-hybridized carbons (Fsp3) is 0.400. The van der Waals surface area contributed by atoms with Gasteiger partial charge >= 0.3 is 0 Å². The quantitative estimate of drug-likeness (QED) is 0.661. The molecule has 142 valence electrons. The summed E-state index contributed by atoms with van der Waals surface area (Å²) in [7, 11) is 3.20. The van der Waals surface area contributed by atoms with Crippen LogP contribution in [0.4, 0.5) is 0 Å². The lowest BCUT2D eigenvalue weighted by Crippen LogP contribution is -2.14. The molecule has 0 radical (unpaired) electrons. The van der Waals surface area contributed by atoms with Crippen LogP contribution in [-0.2, 0) is 13.1 Å². The molecule has 0 spiro atoms. The molecule has 0 amide bonds. The van der Waals surface area contributed by atoms with Crippen LogP contribution in [0.25, 0.3) is 0 Å². The first-order chi connectivity index (χ1) is 12.6. The molecule has 0 bridgehead atoms. The van der Waals surface area contributed by atoms with Crippen LogP contribution in [-0.4, -0.2) is 27.4 Å². The van der Waals surface area contributed by atoms with E-state index in [4.69, 9.17) is 30.5 Å². The topological polar surface area (TPSA) is 49.0 Å². The molecule has 0 aromatic heterocycles. The summed E-state index contributed by atoms with van der Waals surface area (Å²) in [6, 6.07) is 9.54. The molecule has 6 heteroatoms. The zero-order chi connectivity index (χ0) is 18.9. The average molecular weight is 380 g/mol. The molecule has 0 aliphatic carbocycles. The number of benzene rings is 2. The Bertz CT molecular complexity index is 721. The van der Waals surface area contributed by atoms with Crippen LogP contribution in [0.15, 0.2) is 30.3 Å². The number of nitrogens with one attached hydrogen (secondary N) is 1. The van der Waals surface area contributed by atoms with Gasteiger partial charge in [-0.05, 0) is 31.5 Å². The molecular formula is C20H26ClNO4. The first-order valence-electron chi connectivity index (χ1n) is 8.62. The minimum Gasteiger partial charge on any atom is -0.494 e. The van der Waals surface area contributed by atoms with Gasteiger partial charge in [0.2, 0.25) is 0 Å². The summed E-state index contributed by atoms with van der Waals surface area (Å²) in [6.07, 6.45) is 0. The van der Waals surface area contributed by atoms with Gasteiger partial charge in [-0.25, -0.2) is 0 Å². The number of halogens is 1. The fourth-order valence-electron chi connectivity index (χ4n) is 2.59. The molecule has 0 saturated carbocycles. The highest BCUT2D eigenvalue weighted by atomic mass is 35.5. The predicted molar refractivity (Wildman–Crippen MR) is 104 cm³/mol. The fourth-order valence-corrected chi connectivity index (χ4v) is 2.81. The second-order valence-electron chi connectivity index (χ2n) is 5.54. The summed E-state index contributed by atoms with van der Waals surface area (Å²) in [5.74, 6) is 2.91. The van der Waals surface area contributed by atoms with Gasteiger partial charge in [-0.1, -0.05) is 17.7 Å². The summed E-state index contributed by atoms with van der Waals surface area (Å²) < 4.78 is 21.9. The Morgan fingerprint density at radius 1 is 0.808 bits per heavy atom. The number of rotatable bonds is 10. The standard InChI is InChI=1S/C20H26ClNO4/c1-5-25-16-8-7-14(18(10-16)26-6-2)12-22-13-15-9-19(23-3)20(24-4)11-17(15)21/h7-11,22H,5-6,12-13H2,1-4H3. The molecule has 2 rings (SSSR count). The predicted octanol–water partition coefficient (Wildman–Crippen LogP) is 4.44. The van der Waals surface area contributed by atoms with Crippen LogP contribution in [0.3, 0.4) is 0 Å². The van der Waals surface area contributed by atoms with Crippen molar-refractivity contribution in [2.75, 3.05) is 27.4 Å². The van der Waals surface area contributed by atoms with Gasteiger partial charge in [-0.3, -0.25) is 0 Å². The van der Waals surface area contributed by atoms with Crippen LogP contribution >= 0.6 is 11.6 Å². The van der Waals surface area contributed by atoms with Crippen molar-refractivity contribution in [3.05, 3.63) is 46.5 Å². The highest BCUT2D eigenvalue weighted by molar-refractivity contribution is 6.31. The third-order valence-corrected chi connectivity index (χ3v) is 4.18. The summed E-state index contributed by atoms with van der Waals surface area (Å²) >= 11 is 6.34. The second kappa shape index (κ2) is 10.1. The van der Waals surface area contributed by atoms with Crippen LogP contribution in [0.1, 0.15) is 25.0 Å². The summed E-state index contributed by atoms with van der Waals surface area (Å²) in [5.41, 5.74) is 2.00. The SMILES string of the molecule is CCOc1ccc(CNCc2cc(OC)c(OC)cc2Cl)c(OCC)c1. The van der Waals surface area contributed by atoms with Crippen molar-refractivity contribution in [2.45, 2.75) is 26.9 Å². The van der Waals surface area contributed by atoms with Gasteiger partial charge < -0.3 is 24.3 Å². The Balaban J connectivity index is 2.07. The van der Waals surface area contributed by atoms with Gasteiger partial charge in [0.05, 0.1) is 27.4 Å². The normalized spacial score (nSPS) is 10.5. The lowest BCUT2D eigenvalue weighted by atomic mass is 10.1. The van der Waals surface area contributed by atoms with E-state index < -0.39 is 0 Å². The zero-order valence-electron chi connectivity index (χ0n) is 15.7. The van der Waals surface area contributed by atoms with Crippen molar-refractivity contribution in [2.24, 2.45) is 0 Å². The lowest BCUT2D eigenvalue weighted by Gasteiger charge is -2.15. The third-order valence-electron chi connectivity index (χ3n) is 3.83. The molecule has 0 saturated heterocycles. The van der Waals surface area contributed by atoms with Gasteiger partial charge in [0.15, 0.2) is 11.5 Å². The second-order valence-corrected chi connectivity index (χ2v) is 5.94. The zero-order valence-corrected chi connectivity index (χ0v) is 16.5. The van der Waals surface area contributed by atoms with E-state index in [0.29, 0.717) is 42.8 Å². The Kier molecular flexibility index (Phi) is 7.88. The van der Waals surface area contributed by atoms with Gasteiger partial charge in [0.25, 0.3) is 0 Å². The molecule has 0 heterocycles. The molecule has 2 aromatic rings. The molecule has 0 aliphatic rings. The molecule has 26 heavy (non-hydrogen) atoms. The molecule has 0 atom stereocenters. The lowest BCUT2D eigenvalue weighted by molar-refractivity contribution is 0.320. The molecule has 1 N–H and O–H groups in total. The van der Waals surface area contributed by atoms with Gasteiger partial charge in [-0.15, -0.1) is 0 Å². The van der Waals surface area contributed by atoms with E-state index in [-0.39, 0.29) is 0 Å². The average Bonchev–Trinajstić information content (AvgIpc) is 2.64. The molecule has 0 unspecified atom stereocenters. The number of hydrogen-bond acceptors (Lipinski definition) is 5. The minimum atomic E-state index is 0.595. The molecule has 5 nitrogen and oxygen atoms in total. The Labute approximate surface area is 160 Å². The monoisotopic (exact) mass is 379 g/mol. The molecule has 0 fully saturated rings. The van der Waals surface area contributed by atoms with Crippen molar-refractivity contribution < 1.29 is 18.9 Å². The maximum absolute atomic E-state index is 6.34. The van der Waals surface area contributed by atoms with Crippen molar-refractivity contribution in [3.63, 3.8) is 0 Å². The Morgan fingerprint density at radius 2 is 1.46 bits per heavy atom. The first kappa shape index (κ1) is 20.2. The first-order valence-corrected chi connectivity index (χ1v) is 9.00. The van der Waals surface area contributed by atoms with E-state index in [1.165, 1.54) is 0 Å². The third kappa shape index (κ3) is 5.19. The van der Waals surface area contributed by atoms with Crippen LogP contribution < -0.4 is 24.3 Å².